The maximum absolute atomic E-state index is 5.70. The van der Waals surface area contributed by atoms with Gasteiger partial charge in [0.25, 0.3) is 0 Å². The molecule has 3 aliphatic rings. The van der Waals surface area contributed by atoms with Gasteiger partial charge in [-0.3, -0.25) is 0 Å². The second-order valence-corrected chi connectivity index (χ2v) is 6.05. The number of fused-ring (bicyclic) bond motifs is 2. The van der Waals surface area contributed by atoms with Crippen molar-refractivity contribution in [2.45, 2.75) is 39.7 Å². The monoisotopic (exact) mass is 237 g/mol. The third-order valence-corrected chi connectivity index (χ3v) is 4.86. The molecular weight excluding hydrogens is 214 g/mol. The van der Waals surface area contributed by atoms with Crippen molar-refractivity contribution in [3.63, 3.8) is 0 Å². The number of hydrogen-bond donors (Lipinski definition) is 3. The third-order valence-electron chi connectivity index (χ3n) is 4.86. The molecule has 6 N–H and O–H groups in total. The van der Waals surface area contributed by atoms with Gasteiger partial charge in [-0.25, -0.2) is 4.99 Å². The smallest absolute Gasteiger partial charge is 0.218 e. The lowest BCUT2D eigenvalue weighted by atomic mass is 9.45. The van der Waals surface area contributed by atoms with Crippen LogP contribution in [-0.4, -0.2) is 18.0 Å². The summed E-state index contributed by atoms with van der Waals surface area (Å²) in [4.78, 5) is 8.23. The molecule has 0 aromatic carbocycles. The lowest BCUT2D eigenvalue weighted by Crippen LogP contribution is -2.56. The first-order valence-corrected chi connectivity index (χ1v) is 6.25. The van der Waals surface area contributed by atoms with Crippen molar-refractivity contribution in [2.75, 3.05) is 0 Å². The Morgan fingerprint density at radius 3 is 2.29 bits per heavy atom. The molecule has 4 atom stereocenters. The number of hydrogen-bond acceptors (Lipinski definition) is 1. The Hall–Kier alpha value is -1.26. The maximum atomic E-state index is 5.70. The van der Waals surface area contributed by atoms with E-state index in [1.165, 1.54) is 6.42 Å². The van der Waals surface area contributed by atoms with Crippen LogP contribution in [0.4, 0.5) is 0 Å². The van der Waals surface area contributed by atoms with E-state index in [-0.39, 0.29) is 18.0 Å². The number of rotatable bonds is 1. The molecule has 0 spiro atoms. The average Bonchev–Trinajstić information content (AvgIpc) is 2.18. The molecule has 5 nitrogen and oxygen atoms in total. The zero-order valence-electron chi connectivity index (χ0n) is 10.9. The first-order chi connectivity index (χ1) is 7.82. The van der Waals surface area contributed by atoms with Gasteiger partial charge in [-0.15, -0.1) is 0 Å². The molecule has 0 amide bonds. The fraction of sp³-hybridized carbons (Fsp3) is 0.833. The second-order valence-electron chi connectivity index (χ2n) is 6.05. The Morgan fingerprint density at radius 2 is 1.82 bits per heavy atom. The SMILES string of the molecule is CC1C(N=C(N)N=C(N)N)CC2CC1C2(C)C. The summed E-state index contributed by atoms with van der Waals surface area (Å²) in [6.07, 6.45) is 2.44. The highest BCUT2D eigenvalue weighted by Gasteiger charge is 2.56. The Balaban J connectivity index is 2.09. The Kier molecular flexibility index (Phi) is 2.79. The third kappa shape index (κ3) is 1.98. The largest absolute Gasteiger partial charge is 0.370 e. The highest BCUT2D eigenvalue weighted by Crippen LogP contribution is 2.61. The van der Waals surface area contributed by atoms with E-state index in [1.807, 2.05) is 0 Å². The minimum atomic E-state index is -0.0276. The summed E-state index contributed by atoms with van der Waals surface area (Å²) >= 11 is 0. The Bertz CT molecular complexity index is 367. The van der Waals surface area contributed by atoms with E-state index < -0.39 is 0 Å². The normalized spacial score (nSPS) is 39.4. The van der Waals surface area contributed by atoms with Crippen LogP contribution < -0.4 is 17.2 Å². The lowest BCUT2D eigenvalue weighted by molar-refractivity contribution is -0.108. The molecule has 0 aromatic heterocycles. The summed E-state index contributed by atoms with van der Waals surface area (Å²) in [7, 11) is 0. The van der Waals surface area contributed by atoms with Gasteiger partial charge in [0.1, 0.15) is 0 Å². The summed E-state index contributed by atoms with van der Waals surface area (Å²) in [6, 6.07) is 0.273. The molecule has 0 aromatic rings. The van der Waals surface area contributed by atoms with E-state index in [2.05, 4.69) is 30.8 Å². The number of guanidine groups is 2. The van der Waals surface area contributed by atoms with Crippen LogP contribution >= 0.6 is 0 Å². The summed E-state index contributed by atoms with van der Waals surface area (Å²) in [5.74, 6) is 2.26. The van der Waals surface area contributed by atoms with Gasteiger partial charge in [0, 0.05) is 0 Å². The van der Waals surface area contributed by atoms with Crippen molar-refractivity contribution in [1.29, 1.82) is 0 Å². The first kappa shape index (κ1) is 12.2. The summed E-state index contributed by atoms with van der Waals surface area (Å²) in [5.41, 5.74) is 16.7. The molecule has 2 bridgehead atoms. The van der Waals surface area contributed by atoms with E-state index in [9.17, 15) is 0 Å². The van der Waals surface area contributed by atoms with Crippen LogP contribution in [0, 0.1) is 23.2 Å². The van der Waals surface area contributed by atoms with Gasteiger partial charge in [-0.05, 0) is 36.0 Å². The fourth-order valence-corrected chi connectivity index (χ4v) is 3.62. The molecule has 4 unspecified atom stereocenters. The van der Waals surface area contributed by atoms with E-state index >= 15 is 0 Å². The fourth-order valence-electron chi connectivity index (χ4n) is 3.62. The molecule has 3 rings (SSSR count). The maximum Gasteiger partial charge on any atom is 0.218 e. The van der Waals surface area contributed by atoms with Crippen molar-refractivity contribution in [2.24, 2.45) is 50.4 Å². The van der Waals surface area contributed by atoms with Crippen LogP contribution in [0.25, 0.3) is 0 Å². The molecule has 0 aliphatic heterocycles. The van der Waals surface area contributed by atoms with Crippen LogP contribution in [0.5, 0.6) is 0 Å². The van der Waals surface area contributed by atoms with E-state index in [0.717, 1.165) is 18.3 Å². The van der Waals surface area contributed by atoms with E-state index in [1.54, 1.807) is 0 Å². The molecule has 0 saturated heterocycles. The summed E-state index contributed by atoms with van der Waals surface area (Å²) in [5, 5.41) is 0. The molecule has 0 radical (unpaired) electrons. The van der Waals surface area contributed by atoms with Crippen molar-refractivity contribution < 1.29 is 0 Å². The standard InChI is InChI=1S/C12H23N5/c1-6-8-4-7(12(8,2)3)5-9(6)16-11(15)17-10(13)14/h6-9H,4-5H2,1-3H3,(H6,13,14,15,16,17). The molecule has 3 saturated carbocycles. The van der Waals surface area contributed by atoms with E-state index in [4.69, 9.17) is 17.2 Å². The van der Waals surface area contributed by atoms with Crippen LogP contribution in [0.2, 0.25) is 0 Å². The number of nitrogens with two attached hydrogens (primary N) is 3. The molecule has 0 heterocycles. The first-order valence-electron chi connectivity index (χ1n) is 6.25. The van der Waals surface area contributed by atoms with Crippen molar-refractivity contribution in [3.05, 3.63) is 0 Å². The Labute approximate surface area is 103 Å². The molecular formula is C12H23N5. The van der Waals surface area contributed by atoms with Gasteiger partial charge in [0.05, 0.1) is 6.04 Å². The number of nitrogens with zero attached hydrogens (tertiary/aromatic N) is 2. The van der Waals surface area contributed by atoms with E-state index in [0.29, 0.717) is 11.3 Å². The zero-order valence-corrected chi connectivity index (χ0v) is 10.9. The van der Waals surface area contributed by atoms with Gasteiger partial charge in [0.15, 0.2) is 5.96 Å². The summed E-state index contributed by atoms with van der Waals surface area (Å²) in [6.45, 7) is 6.99. The van der Waals surface area contributed by atoms with Gasteiger partial charge in [0.2, 0.25) is 5.96 Å². The van der Waals surface area contributed by atoms with Crippen molar-refractivity contribution in [3.8, 4) is 0 Å². The van der Waals surface area contributed by atoms with Crippen LogP contribution in [0.3, 0.4) is 0 Å². The molecule has 17 heavy (non-hydrogen) atoms. The lowest BCUT2D eigenvalue weighted by Gasteiger charge is -2.61. The highest BCUT2D eigenvalue weighted by atomic mass is 15.1. The predicted molar refractivity (Wildman–Crippen MR) is 70.4 cm³/mol. The van der Waals surface area contributed by atoms with Gasteiger partial charge >= 0.3 is 0 Å². The summed E-state index contributed by atoms with van der Waals surface area (Å²) < 4.78 is 0. The minimum absolute atomic E-state index is 0.0276. The predicted octanol–water partition coefficient (Wildman–Crippen LogP) is 0.645. The van der Waals surface area contributed by atoms with Crippen LogP contribution in [-0.2, 0) is 0 Å². The van der Waals surface area contributed by atoms with Crippen molar-refractivity contribution in [1.82, 2.24) is 0 Å². The molecule has 3 aliphatic carbocycles. The highest BCUT2D eigenvalue weighted by molar-refractivity contribution is 5.92. The van der Waals surface area contributed by atoms with Gasteiger partial charge in [-0.2, -0.15) is 4.99 Å². The molecule has 3 fully saturated rings. The van der Waals surface area contributed by atoms with Gasteiger partial charge < -0.3 is 17.2 Å². The number of aliphatic imine (C=N–C) groups is 2. The van der Waals surface area contributed by atoms with Crippen molar-refractivity contribution >= 4 is 11.9 Å². The quantitative estimate of drug-likeness (QED) is 0.460. The minimum Gasteiger partial charge on any atom is -0.370 e. The molecule has 96 valence electrons. The topological polar surface area (TPSA) is 103 Å². The van der Waals surface area contributed by atoms with Crippen LogP contribution in [0.1, 0.15) is 33.6 Å². The average molecular weight is 237 g/mol. The van der Waals surface area contributed by atoms with Gasteiger partial charge in [-0.1, -0.05) is 20.8 Å². The Morgan fingerprint density at radius 1 is 1.18 bits per heavy atom. The zero-order chi connectivity index (χ0) is 12.8. The van der Waals surface area contributed by atoms with Crippen LogP contribution in [0.15, 0.2) is 9.98 Å². The second kappa shape index (κ2) is 3.89. The molecule has 5 heteroatoms.